The highest BCUT2D eigenvalue weighted by Gasteiger charge is 2.52. The molecule has 4 aliphatic rings. The molecule has 14 N–H and O–H groups in total. The van der Waals surface area contributed by atoms with Gasteiger partial charge in [-0.2, -0.15) is 0 Å². The molecular weight excluding hydrogens is 560 g/mol. The summed E-state index contributed by atoms with van der Waals surface area (Å²) in [4.78, 5) is 23.3. The quantitative estimate of drug-likeness (QED) is 0.110. The van der Waals surface area contributed by atoms with Crippen molar-refractivity contribution < 1.29 is 73.8 Å². The van der Waals surface area contributed by atoms with E-state index in [-0.39, 0.29) is 6.42 Å². The Kier molecular flexibility index (Phi) is 10.6. The summed E-state index contributed by atoms with van der Waals surface area (Å²) in [5, 5.41) is 73.5. The van der Waals surface area contributed by atoms with Crippen molar-refractivity contribution in [2.75, 3.05) is 19.8 Å². The van der Waals surface area contributed by atoms with Gasteiger partial charge in [0.05, 0.1) is 44.4 Å². The van der Waals surface area contributed by atoms with Crippen molar-refractivity contribution in [2.24, 2.45) is 17.2 Å². The number of nitrogens with one attached hydrogen (secondary N) is 1. The van der Waals surface area contributed by atoms with E-state index in [1.54, 1.807) is 0 Å². The van der Waals surface area contributed by atoms with Gasteiger partial charge in [-0.15, -0.1) is 0 Å². The molecule has 0 aromatic rings. The minimum Gasteiger partial charge on any atom is -0.394 e. The third kappa shape index (κ3) is 6.70. The molecule has 4 saturated heterocycles. The van der Waals surface area contributed by atoms with Crippen molar-refractivity contribution in [1.82, 2.24) is 5.32 Å². The maximum absolute atomic E-state index is 11.8. The van der Waals surface area contributed by atoms with E-state index in [2.05, 4.69) is 5.32 Å². The fourth-order valence-corrected chi connectivity index (χ4v) is 5.05. The van der Waals surface area contributed by atoms with Crippen molar-refractivity contribution in [3.63, 3.8) is 0 Å². The van der Waals surface area contributed by atoms with Gasteiger partial charge >= 0.3 is 0 Å². The number of hydrogen-bond donors (Lipinski definition) is 11. The van der Waals surface area contributed by atoms with E-state index >= 15 is 0 Å². The van der Waals surface area contributed by atoms with Crippen LogP contribution < -0.4 is 22.5 Å². The van der Waals surface area contributed by atoms with Gasteiger partial charge in [-0.25, -0.2) is 0 Å². The molecule has 0 aliphatic carbocycles. The van der Waals surface area contributed by atoms with Crippen molar-refractivity contribution in [1.29, 1.82) is 0 Å². The molecule has 236 valence electrons. The predicted octanol–water partition coefficient (Wildman–Crippen LogP) is -8.23. The van der Waals surface area contributed by atoms with Gasteiger partial charge in [0.25, 0.3) is 5.91 Å². The maximum Gasteiger partial charge on any atom is 0.256 e. The summed E-state index contributed by atoms with van der Waals surface area (Å²) in [6, 6.07) is -4.07. The van der Waals surface area contributed by atoms with Crippen LogP contribution in [-0.2, 0) is 38.0 Å². The second-order valence-electron chi connectivity index (χ2n) is 10.4. The lowest BCUT2D eigenvalue weighted by atomic mass is 9.94. The lowest BCUT2D eigenvalue weighted by Gasteiger charge is -2.48. The number of aliphatic hydroxyl groups excluding tert-OH is 7. The first-order chi connectivity index (χ1) is 19.4. The third-order valence-corrected chi connectivity index (χ3v) is 7.54. The van der Waals surface area contributed by atoms with Gasteiger partial charge < -0.3 is 81.4 Å². The highest BCUT2D eigenvalue weighted by molar-refractivity contribution is 6.04. The number of aliphatic hydroxyl groups is 7. The van der Waals surface area contributed by atoms with Gasteiger partial charge in [-0.05, 0) is 0 Å². The Bertz CT molecular complexity index is 916. The van der Waals surface area contributed by atoms with Gasteiger partial charge in [-0.1, -0.05) is 0 Å². The predicted molar refractivity (Wildman–Crippen MR) is 128 cm³/mol. The number of imide groups is 1. The lowest BCUT2D eigenvalue weighted by Crippen LogP contribution is -2.69. The number of nitrogens with two attached hydrogens (primary N) is 3. The van der Waals surface area contributed by atoms with Crippen LogP contribution in [0.1, 0.15) is 6.42 Å². The van der Waals surface area contributed by atoms with Gasteiger partial charge in [-0.3, -0.25) is 14.9 Å². The molecule has 4 rings (SSSR count). The zero-order valence-corrected chi connectivity index (χ0v) is 21.7. The Balaban J connectivity index is 1.45. The molecule has 3 unspecified atom stereocenters. The van der Waals surface area contributed by atoms with Crippen LogP contribution in [0.5, 0.6) is 0 Å². The molecule has 41 heavy (non-hydrogen) atoms. The van der Waals surface area contributed by atoms with Crippen LogP contribution in [0, 0.1) is 0 Å². The molecule has 0 spiro atoms. The highest BCUT2D eigenvalue weighted by Crippen LogP contribution is 2.31. The van der Waals surface area contributed by atoms with Crippen LogP contribution in [0.2, 0.25) is 0 Å². The summed E-state index contributed by atoms with van der Waals surface area (Å²) in [6.07, 6.45) is -18.9. The van der Waals surface area contributed by atoms with E-state index < -0.39 is 130 Å². The van der Waals surface area contributed by atoms with Crippen molar-refractivity contribution in [3.05, 3.63) is 0 Å². The summed E-state index contributed by atoms with van der Waals surface area (Å²) < 4.78 is 33.5. The van der Waals surface area contributed by atoms with Crippen LogP contribution in [0.15, 0.2) is 0 Å². The summed E-state index contributed by atoms with van der Waals surface area (Å²) >= 11 is 0. The fraction of sp³-hybridized carbons (Fsp3) is 0.909. The summed E-state index contributed by atoms with van der Waals surface area (Å²) in [5.74, 6) is -1.22. The minimum atomic E-state index is -1.65. The Labute approximate surface area is 233 Å². The van der Waals surface area contributed by atoms with Crippen molar-refractivity contribution in [3.8, 4) is 0 Å². The van der Waals surface area contributed by atoms with Gasteiger partial charge in [0.1, 0.15) is 61.0 Å². The Morgan fingerprint density at radius 3 is 1.83 bits per heavy atom. The van der Waals surface area contributed by atoms with Crippen molar-refractivity contribution in [2.45, 2.75) is 104 Å². The Hall–Kier alpha value is -1.50. The molecule has 0 aromatic heterocycles. The topological polar surface area (TPSA) is 321 Å². The zero-order valence-electron chi connectivity index (χ0n) is 21.7. The normalized spacial score (nSPS) is 49.2. The average Bonchev–Trinajstić information content (AvgIpc) is 3.27. The summed E-state index contributed by atoms with van der Waals surface area (Å²) in [5.41, 5.74) is 17.9. The van der Waals surface area contributed by atoms with Gasteiger partial charge in [0.2, 0.25) is 5.91 Å². The SMILES string of the molecule is N[C@H]1[C@H](OC2[C@@H](CO)O[C@@H](OC3[C@@H](COC4CC(=O)NC4=O)O[C@@H](O)[C@H](N)[C@H]3O)[C@H](N)[C@H]2O)O[C@H](CO)[C@@H](O)[C@@H]1O. The smallest absolute Gasteiger partial charge is 0.256 e. The third-order valence-electron chi connectivity index (χ3n) is 7.54. The van der Waals surface area contributed by atoms with Crippen LogP contribution >= 0.6 is 0 Å². The van der Waals surface area contributed by atoms with E-state index in [1.165, 1.54) is 0 Å². The molecule has 2 amide bonds. The average molecular weight is 599 g/mol. The summed E-state index contributed by atoms with van der Waals surface area (Å²) in [6.45, 7) is -1.86. The Morgan fingerprint density at radius 1 is 0.732 bits per heavy atom. The monoisotopic (exact) mass is 598 g/mol. The fourth-order valence-electron chi connectivity index (χ4n) is 5.05. The molecule has 0 aromatic carbocycles. The molecular formula is C22H38N4O15. The first-order valence-corrected chi connectivity index (χ1v) is 13.0. The number of hydrogen-bond acceptors (Lipinski definition) is 18. The van der Waals surface area contributed by atoms with E-state index in [9.17, 15) is 45.3 Å². The van der Waals surface area contributed by atoms with Gasteiger partial charge in [0, 0.05) is 0 Å². The highest BCUT2D eigenvalue weighted by atomic mass is 16.7. The molecule has 4 aliphatic heterocycles. The molecule has 0 radical (unpaired) electrons. The van der Waals surface area contributed by atoms with E-state index in [1.807, 2.05) is 0 Å². The lowest BCUT2D eigenvalue weighted by molar-refractivity contribution is -0.348. The molecule has 19 heteroatoms. The number of carbonyl (C=O) groups excluding carboxylic acids is 2. The van der Waals surface area contributed by atoms with Crippen molar-refractivity contribution >= 4 is 11.8 Å². The molecule has 0 saturated carbocycles. The number of carbonyl (C=O) groups is 2. The molecule has 4 heterocycles. The second-order valence-corrected chi connectivity index (χ2v) is 10.4. The molecule has 4 fully saturated rings. The number of amides is 2. The standard InChI is InChI=1S/C22H38N4O15/c23-10-15(32)18(8(37-20(10)35)4-36-5-1-9(29)26-19(5)34)41-22-12(25)16(33)17(7(3-28)39-22)40-21-11(24)14(31)13(30)6(2-27)38-21/h5-8,10-18,20-22,27-28,30-33,35H,1-4,23-25H2,(H,26,29,34)/t5?,6-,7-,8-,10-,11-,12-,13-,14-,15-,16-,17?,18?,20-,21+,22+/m1/s1. The minimum absolute atomic E-state index is 0.243. The van der Waals surface area contributed by atoms with E-state index in [4.69, 9.17) is 45.6 Å². The largest absolute Gasteiger partial charge is 0.394 e. The van der Waals surface area contributed by atoms with Crippen LogP contribution in [0.25, 0.3) is 0 Å². The maximum atomic E-state index is 11.8. The Morgan fingerprint density at radius 2 is 1.27 bits per heavy atom. The van der Waals surface area contributed by atoms with Crippen LogP contribution in [0.4, 0.5) is 0 Å². The second kappa shape index (κ2) is 13.4. The van der Waals surface area contributed by atoms with Gasteiger partial charge in [0.15, 0.2) is 18.9 Å². The molecule has 19 nitrogen and oxygen atoms in total. The molecule has 16 atom stereocenters. The molecule has 0 bridgehead atoms. The number of ether oxygens (including phenoxy) is 6. The first-order valence-electron chi connectivity index (χ1n) is 13.0. The summed E-state index contributed by atoms with van der Waals surface area (Å²) in [7, 11) is 0. The number of rotatable bonds is 9. The first kappa shape index (κ1) is 32.4. The van der Waals surface area contributed by atoms with E-state index in [0.717, 1.165) is 0 Å². The van der Waals surface area contributed by atoms with E-state index in [0.29, 0.717) is 0 Å². The van der Waals surface area contributed by atoms with Crippen LogP contribution in [-0.4, -0.2) is 165 Å². The van der Waals surface area contributed by atoms with Crippen LogP contribution in [0.3, 0.4) is 0 Å². The zero-order chi connectivity index (χ0) is 30.2.